The van der Waals surface area contributed by atoms with Crippen LogP contribution in [0.3, 0.4) is 0 Å². The quantitative estimate of drug-likeness (QED) is 0.842. The maximum absolute atomic E-state index is 12.1. The summed E-state index contributed by atoms with van der Waals surface area (Å²) in [6, 6.07) is 6.01. The molecule has 4 nitrogen and oxygen atoms in total. The molecule has 0 unspecified atom stereocenters. The number of hydrogen-bond donors (Lipinski definition) is 2. The number of phenols is 2. The summed E-state index contributed by atoms with van der Waals surface area (Å²) in [4.78, 5) is 13.7. The van der Waals surface area contributed by atoms with Crippen molar-refractivity contribution in [3.8, 4) is 11.5 Å². The lowest BCUT2D eigenvalue weighted by Crippen LogP contribution is -2.25. The molecular formula is C13H12BrNO3S. The number of halogens is 1. The van der Waals surface area contributed by atoms with Crippen LogP contribution in [0.5, 0.6) is 11.5 Å². The van der Waals surface area contributed by atoms with Crippen LogP contribution in [-0.4, -0.2) is 28.1 Å². The van der Waals surface area contributed by atoms with Crippen molar-refractivity contribution in [1.29, 1.82) is 0 Å². The van der Waals surface area contributed by atoms with Crippen LogP contribution in [0.1, 0.15) is 15.9 Å². The third kappa shape index (κ3) is 3.27. The van der Waals surface area contributed by atoms with Crippen LogP contribution in [0.15, 0.2) is 33.4 Å². The van der Waals surface area contributed by atoms with E-state index in [9.17, 15) is 15.0 Å². The summed E-state index contributed by atoms with van der Waals surface area (Å²) in [5, 5.41) is 20.6. The summed E-state index contributed by atoms with van der Waals surface area (Å²) in [7, 11) is 1.69. The molecular weight excluding hydrogens is 330 g/mol. The molecule has 19 heavy (non-hydrogen) atoms. The van der Waals surface area contributed by atoms with Gasteiger partial charge in [0.1, 0.15) is 0 Å². The molecule has 0 saturated heterocycles. The first-order chi connectivity index (χ1) is 8.97. The van der Waals surface area contributed by atoms with Crippen molar-refractivity contribution in [2.24, 2.45) is 0 Å². The van der Waals surface area contributed by atoms with Gasteiger partial charge in [0.2, 0.25) is 0 Å². The molecule has 0 aliphatic carbocycles. The minimum Gasteiger partial charge on any atom is -0.504 e. The SMILES string of the molecule is CN(Cc1csc(Br)c1)C(=O)c1ccc(O)c(O)c1. The largest absolute Gasteiger partial charge is 0.504 e. The van der Waals surface area contributed by atoms with Gasteiger partial charge in [0.15, 0.2) is 11.5 Å². The van der Waals surface area contributed by atoms with Gasteiger partial charge in [-0.05, 0) is 51.1 Å². The number of carbonyl (C=O) groups excluding carboxylic acids is 1. The Balaban J connectivity index is 2.12. The lowest BCUT2D eigenvalue weighted by molar-refractivity contribution is 0.0785. The van der Waals surface area contributed by atoms with E-state index in [1.807, 2.05) is 11.4 Å². The molecule has 0 spiro atoms. The van der Waals surface area contributed by atoms with Crippen molar-refractivity contribution < 1.29 is 15.0 Å². The van der Waals surface area contributed by atoms with Gasteiger partial charge in [-0.2, -0.15) is 0 Å². The number of aromatic hydroxyl groups is 2. The lowest BCUT2D eigenvalue weighted by Gasteiger charge is -2.16. The average Bonchev–Trinajstić information content (AvgIpc) is 2.77. The molecule has 0 saturated carbocycles. The smallest absolute Gasteiger partial charge is 0.254 e. The fourth-order valence-electron chi connectivity index (χ4n) is 1.65. The molecule has 0 bridgehead atoms. The Morgan fingerprint density at radius 1 is 1.32 bits per heavy atom. The van der Waals surface area contributed by atoms with Crippen LogP contribution in [0, 0.1) is 0 Å². The minimum atomic E-state index is -0.294. The zero-order chi connectivity index (χ0) is 14.0. The molecule has 0 atom stereocenters. The van der Waals surface area contributed by atoms with Crippen molar-refractivity contribution in [1.82, 2.24) is 4.90 Å². The van der Waals surface area contributed by atoms with E-state index >= 15 is 0 Å². The highest BCUT2D eigenvalue weighted by Crippen LogP contribution is 2.26. The Hall–Kier alpha value is -1.53. The van der Waals surface area contributed by atoms with Gasteiger partial charge in [-0.25, -0.2) is 0 Å². The summed E-state index contributed by atoms with van der Waals surface area (Å²) in [5.74, 6) is -0.740. The van der Waals surface area contributed by atoms with E-state index in [1.54, 1.807) is 23.3 Å². The number of carbonyl (C=O) groups is 1. The number of phenolic OH excluding ortho intramolecular Hbond substituents is 2. The molecule has 0 radical (unpaired) electrons. The van der Waals surface area contributed by atoms with Gasteiger partial charge >= 0.3 is 0 Å². The highest BCUT2D eigenvalue weighted by Gasteiger charge is 2.14. The Bertz CT molecular complexity index is 612. The monoisotopic (exact) mass is 341 g/mol. The number of rotatable bonds is 3. The number of benzene rings is 1. The topological polar surface area (TPSA) is 60.8 Å². The van der Waals surface area contributed by atoms with Gasteiger partial charge in [0.25, 0.3) is 5.91 Å². The summed E-state index contributed by atoms with van der Waals surface area (Å²) in [6.45, 7) is 0.489. The molecule has 0 fully saturated rings. The maximum atomic E-state index is 12.1. The Kier molecular flexibility index (Phi) is 4.11. The van der Waals surface area contributed by atoms with Crippen LogP contribution in [-0.2, 0) is 6.54 Å². The standard InChI is InChI=1S/C13H12BrNO3S/c1-15(6-8-4-12(14)19-7-8)13(18)9-2-3-10(16)11(17)5-9/h2-5,7,16-17H,6H2,1H3. The first-order valence-electron chi connectivity index (χ1n) is 5.47. The summed E-state index contributed by atoms with van der Waals surface area (Å²) in [5.41, 5.74) is 1.38. The van der Waals surface area contributed by atoms with E-state index in [4.69, 9.17) is 0 Å². The van der Waals surface area contributed by atoms with Gasteiger partial charge in [0, 0.05) is 19.2 Å². The molecule has 2 N–H and O–H groups in total. The molecule has 0 aliphatic heterocycles. The Labute approximate surface area is 123 Å². The predicted molar refractivity (Wildman–Crippen MR) is 77.6 cm³/mol. The van der Waals surface area contributed by atoms with Crippen LogP contribution < -0.4 is 0 Å². The number of thiophene rings is 1. The van der Waals surface area contributed by atoms with Crippen LogP contribution in [0.4, 0.5) is 0 Å². The first kappa shape index (κ1) is 13.9. The number of hydrogen-bond acceptors (Lipinski definition) is 4. The molecule has 1 amide bonds. The zero-order valence-electron chi connectivity index (χ0n) is 10.1. The molecule has 2 rings (SSSR count). The molecule has 1 aromatic carbocycles. The second-order valence-corrected chi connectivity index (χ2v) is 6.41. The fourth-order valence-corrected chi connectivity index (χ4v) is 2.85. The molecule has 0 aliphatic rings. The van der Waals surface area contributed by atoms with Crippen molar-refractivity contribution in [2.45, 2.75) is 6.54 Å². The molecule has 1 heterocycles. The molecule has 6 heteroatoms. The Morgan fingerprint density at radius 2 is 2.05 bits per heavy atom. The van der Waals surface area contributed by atoms with E-state index < -0.39 is 0 Å². The van der Waals surface area contributed by atoms with Crippen molar-refractivity contribution >= 4 is 33.2 Å². The van der Waals surface area contributed by atoms with E-state index in [0.717, 1.165) is 9.35 Å². The van der Waals surface area contributed by atoms with E-state index in [1.165, 1.54) is 18.2 Å². The van der Waals surface area contributed by atoms with Crippen LogP contribution in [0.2, 0.25) is 0 Å². The van der Waals surface area contributed by atoms with Crippen molar-refractivity contribution in [3.63, 3.8) is 0 Å². The zero-order valence-corrected chi connectivity index (χ0v) is 12.5. The predicted octanol–water partition coefficient (Wildman–Crippen LogP) is 3.19. The summed E-state index contributed by atoms with van der Waals surface area (Å²) < 4.78 is 1.02. The van der Waals surface area contributed by atoms with E-state index in [0.29, 0.717) is 12.1 Å². The van der Waals surface area contributed by atoms with Crippen molar-refractivity contribution in [3.05, 3.63) is 44.6 Å². The van der Waals surface area contributed by atoms with Gasteiger partial charge in [0.05, 0.1) is 3.79 Å². The molecule has 1 aromatic heterocycles. The first-order valence-corrected chi connectivity index (χ1v) is 7.15. The number of amides is 1. The van der Waals surface area contributed by atoms with Gasteiger partial charge < -0.3 is 15.1 Å². The summed E-state index contributed by atoms with van der Waals surface area (Å²) in [6.07, 6.45) is 0. The van der Waals surface area contributed by atoms with E-state index in [-0.39, 0.29) is 17.4 Å². The highest BCUT2D eigenvalue weighted by atomic mass is 79.9. The van der Waals surface area contributed by atoms with Crippen LogP contribution >= 0.6 is 27.3 Å². The second kappa shape index (κ2) is 5.63. The minimum absolute atomic E-state index is 0.211. The third-order valence-corrected chi connectivity index (χ3v) is 4.16. The lowest BCUT2D eigenvalue weighted by atomic mass is 10.1. The molecule has 100 valence electrons. The van der Waals surface area contributed by atoms with Gasteiger partial charge in [-0.3, -0.25) is 4.79 Å². The number of nitrogens with zero attached hydrogens (tertiary/aromatic N) is 1. The molecule has 2 aromatic rings. The average molecular weight is 342 g/mol. The third-order valence-electron chi connectivity index (χ3n) is 2.61. The maximum Gasteiger partial charge on any atom is 0.254 e. The van der Waals surface area contributed by atoms with E-state index in [2.05, 4.69) is 15.9 Å². The van der Waals surface area contributed by atoms with Crippen molar-refractivity contribution in [2.75, 3.05) is 7.05 Å². The van der Waals surface area contributed by atoms with Gasteiger partial charge in [-0.15, -0.1) is 11.3 Å². The Morgan fingerprint density at radius 3 is 2.63 bits per heavy atom. The van der Waals surface area contributed by atoms with Gasteiger partial charge in [-0.1, -0.05) is 0 Å². The summed E-state index contributed by atoms with van der Waals surface area (Å²) >= 11 is 4.94. The van der Waals surface area contributed by atoms with Crippen LogP contribution in [0.25, 0.3) is 0 Å². The second-order valence-electron chi connectivity index (χ2n) is 4.12. The fraction of sp³-hybridized carbons (Fsp3) is 0.154. The normalized spacial score (nSPS) is 10.4. The highest BCUT2D eigenvalue weighted by molar-refractivity contribution is 9.11.